The second-order valence-electron chi connectivity index (χ2n) is 15.2. The summed E-state index contributed by atoms with van der Waals surface area (Å²) >= 11 is 2.93. The maximum absolute atomic E-state index is 13.9. The maximum Gasteiger partial charge on any atom is 0.407 e. The van der Waals surface area contributed by atoms with Crippen LogP contribution >= 0.6 is 22.7 Å². The van der Waals surface area contributed by atoms with E-state index < -0.39 is 42.1 Å². The number of aryl methyl sites for hydroxylation is 1. The molecule has 8 N–H and O–H groups in total. The molecule has 1 aliphatic heterocycles. The van der Waals surface area contributed by atoms with Gasteiger partial charge in [-0.15, -0.1) is 11.3 Å². The fraction of sp³-hybridized carbons (Fsp3) is 0.429. The number of unbranched alkanes of at least 4 members (excludes halogenated alkanes) is 2. The van der Waals surface area contributed by atoms with Crippen LogP contribution in [0.25, 0.3) is 20.4 Å². The predicted octanol–water partition coefficient (Wildman–Crippen LogP) is 3.78. The summed E-state index contributed by atoms with van der Waals surface area (Å²) in [4.78, 5) is 111. The van der Waals surface area contributed by atoms with Crippen LogP contribution in [0.2, 0.25) is 0 Å². The predicted molar refractivity (Wildman–Crippen MR) is 242 cm³/mol. The molecular formula is C42H53N11O9S2. The molecule has 2 aromatic heterocycles. The lowest BCUT2D eigenvalue weighted by atomic mass is 10.0. The number of carbonyl (C=O) groups excluding carboxylic acids is 8. The van der Waals surface area contributed by atoms with E-state index in [2.05, 4.69) is 41.9 Å². The van der Waals surface area contributed by atoms with Gasteiger partial charge in [-0.1, -0.05) is 43.7 Å². The molecule has 1 aliphatic rings. The molecule has 22 heteroatoms. The number of thiazole rings is 2. The zero-order valence-corrected chi connectivity index (χ0v) is 37.6. The number of nitrogens with two attached hydrogens (primary N) is 1. The monoisotopic (exact) mass is 919 g/mol. The van der Waals surface area contributed by atoms with Crippen LogP contribution in [0.3, 0.4) is 0 Å². The number of hydrogen-bond acceptors (Lipinski definition) is 13. The molecule has 0 bridgehead atoms. The Morgan fingerprint density at radius 2 is 1.56 bits per heavy atom. The Labute approximate surface area is 377 Å². The van der Waals surface area contributed by atoms with Crippen LogP contribution in [-0.4, -0.2) is 108 Å². The molecule has 0 fully saturated rings. The zero-order chi connectivity index (χ0) is 46.3. The highest BCUT2D eigenvalue weighted by Crippen LogP contribution is 2.34. The number of benzene rings is 2. The molecule has 2 atom stereocenters. The van der Waals surface area contributed by atoms with Gasteiger partial charge in [-0.25, -0.2) is 24.4 Å². The van der Waals surface area contributed by atoms with Gasteiger partial charge >= 0.3 is 18.2 Å². The number of rotatable bonds is 22. The fourth-order valence-corrected chi connectivity index (χ4v) is 8.45. The standard InChI is InChI=1S/C42H53N11O9S2/c1-24(2)34(50-31(54)10-6-5-7-22-53-32(55)17-18-33(53)56)37(57)48-29(9-8-19-44-39(43)59)38(58)52(4)27-13-11-26(12-14-27)23-62-42(61)46-21-20-45-40(60)51-41-49-28-15-16-30-35(36(28)64-41)47-25(3)63-30/h11-18,24,29,34H,5-10,19-23H2,1-4H3,(H,46,61)(H,48,57)(H,50,54)(H3,43,44,59)(H2,45,49,51,60)/t29-,34-/m0/s1. The van der Waals surface area contributed by atoms with Crippen LogP contribution in [0.1, 0.15) is 62.9 Å². The number of fused-ring (bicyclic) bond motifs is 3. The van der Waals surface area contributed by atoms with Gasteiger partial charge in [0.15, 0.2) is 5.13 Å². The largest absolute Gasteiger partial charge is 0.445 e. The molecular weight excluding hydrogens is 867 g/mol. The number of anilines is 2. The number of primary amides is 1. The molecule has 0 radical (unpaired) electrons. The molecule has 10 amide bonds. The van der Waals surface area contributed by atoms with Crippen molar-refractivity contribution in [2.45, 2.75) is 78.0 Å². The van der Waals surface area contributed by atoms with Gasteiger partial charge in [0.1, 0.15) is 24.2 Å². The van der Waals surface area contributed by atoms with E-state index in [1.54, 1.807) is 56.5 Å². The van der Waals surface area contributed by atoms with Crippen molar-refractivity contribution >= 4 is 102 Å². The molecule has 2 aromatic carbocycles. The smallest absolute Gasteiger partial charge is 0.407 e. The van der Waals surface area contributed by atoms with Gasteiger partial charge in [-0.2, -0.15) is 0 Å². The van der Waals surface area contributed by atoms with Crippen molar-refractivity contribution in [2.24, 2.45) is 11.7 Å². The van der Waals surface area contributed by atoms with Crippen molar-refractivity contribution in [1.29, 1.82) is 0 Å². The molecule has 4 aromatic rings. The Hall–Kier alpha value is -6.68. The Morgan fingerprint density at radius 3 is 2.27 bits per heavy atom. The minimum Gasteiger partial charge on any atom is -0.445 e. The number of aromatic nitrogens is 2. The number of nitrogens with zero attached hydrogens (tertiary/aromatic N) is 4. The van der Waals surface area contributed by atoms with Gasteiger partial charge in [-0.3, -0.25) is 34.2 Å². The number of hydrogen-bond donors (Lipinski definition) is 7. The number of urea groups is 2. The van der Waals surface area contributed by atoms with Crippen molar-refractivity contribution < 1.29 is 43.1 Å². The van der Waals surface area contributed by atoms with Crippen molar-refractivity contribution in [1.82, 2.24) is 41.5 Å². The van der Waals surface area contributed by atoms with Crippen LogP contribution in [-0.2, 0) is 35.3 Å². The van der Waals surface area contributed by atoms with Crippen molar-refractivity contribution in [2.75, 3.05) is 43.4 Å². The summed E-state index contributed by atoms with van der Waals surface area (Å²) in [6.07, 6.45) is 3.91. The molecule has 342 valence electrons. The van der Waals surface area contributed by atoms with Gasteiger partial charge in [0.25, 0.3) is 11.8 Å². The molecule has 0 aliphatic carbocycles. The Bertz CT molecular complexity index is 2360. The van der Waals surface area contributed by atoms with E-state index in [0.29, 0.717) is 42.1 Å². The third-order valence-corrected chi connectivity index (χ3v) is 11.9. The maximum atomic E-state index is 13.9. The molecule has 0 spiro atoms. The number of amides is 10. The Balaban J connectivity index is 1.05. The van der Waals surface area contributed by atoms with Gasteiger partial charge in [0, 0.05) is 57.5 Å². The first kappa shape index (κ1) is 48.4. The SMILES string of the molecule is Cc1nc2c(ccc3nc(NC(=O)NCCNC(=O)OCc4ccc(N(C)C(=O)[C@H](CCCNC(N)=O)NC(=O)[C@@H](NC(=O)CCCCCN5C(=O)C=CC5=O)C(C)C)cc4)sc32)s1. The molecule has 0 saturated carbocycles. The third kappa shape index (κ3) is 13.9. The minimum atomic E-state index is -1.03. The van der Waals surface area contributed by atoms with Crippen LogP contribution in [0.4, 0.5) is 25.2 Å². The lowest BCUT2D eigenvalue weighted by molar-refractivity contribution is -0.137. The van der Waals surface area contributed by atoms with Crippen molar-refractivity contribution in [3.63, 3.8) is 0 Å². The summed E-state index contributed by atoms with van der Waals surface area (Å²) in [5, 5.41) is 17.4. The number of nitrogens with one attached hydrogen (secondary N) is 6. The van der Waals surface area contributed by atoms with Crippen LogP contribution < -0.4 is 42.5 Å². The number of imide groups is 1. The van der Waals surface area contributed by atoms with Gasteiger partial charge in [0.05, 0.1) is 19.9 Å². The highest BCUT2D eigenvalue weighted by Gasteiger charge is 2.30. The second-order valence-corrected chi connectivity index (χ2v) is 17.4. The molecule has 64 heavy (non-hydrogen) atoms. The number of alkyl carbamates (subject to hydrolysis) is 1. The van der Waals surface area contributed by atoms with E-state index in [4.69, 9.17) is 10.5 Å². The highest BCUT2D eigenvalue weighted by molar-refractivity contribution is 7.24. The topological polar surface area (TPSA) is 276 Å². The van der Waals surface area contributed by atoms with Crippen molar-refractivity contribution in [3.05, 3.63) is 59.1 Å². The Morgan fingerprint density at radius 1 is 0.844 bits per heavy atom. The van der Waals surface area contributed by atoms with Crippen LogP contribution in [0, 0.1) is 12.8 Å². The van der Waals surface area contributed by atoms with Gasteiger partial charge in [0.2, 0.25) is 17.7 Å². The first-order valence-corrected chi connectivity index (χ1v) is 22.4. The van der Waals surface area contributed by atoms with E-state index in [-0.39, 0.29) is 69.3 Å². The number of carbonyl (C=O) groups is 8. The highest BCUT2D eigenvalue weighted by atomic mass is 32.1. The summed E-state index contributed by atoms with van der Waals surface area (Å²) in [7, 11) is 1.55. The third-order valence-electron chi connectivity index (χ3n) is 9.98. The first-order chi connectivity index (χ1) is 30.6. The zero-order valence-electron chi connectivity index (χ0n) is 36.0. The second kappa shape index (κ2) is 23.1. The first-order valence-electron chi connectivity index (χ1n) is 20.7. The van der Waals surface area contributed by atoms with Gasteiger partial charge < -0.3 is 42.0 Å². The summed E-state index contributed by atoms with van der Waals surface area (Å²) in [5.74, 6) is -2.41. The van der Waals surface area contributed by atoms with Crippen LogP contribution in [0.15, 0.2) is 48.6 Å². The average molecular weight is 920 g/mol. The van der Waals surface area contributed by atoms with Crippen molar-refractivity contribution in [3.8, 4) is 0 Å². The van der Waals surface area contributed by atoms with Crippen LogP contribution in [0.5, 0.6) is 0 Å². The summed E-state index contributed by atoms with van der Waals surface area (Å²) in [5.41, 5.74) is 7.91. The molecule has 3 heterocycles. The molecule has 5 rings (SSSR count). The van der Waals surface area contributed by atoms with E-state index in [1.807, 2.05) is 19.1 Å². The number of ether oxygens (including phenoxy) is 1. The summed E-state index contributed by atoms with van der Waals surface area (Å²) < 4.78 is 7.26. The lowest BCUT2D eigenvalue weighted by Crippen LogP contribution is -2.55. The molecule has 0 saturated heterocycles. The lowest BCUT2D eigenvalue weighted by Gasteiger charge is -2.28. The number of likely N-dealkylation sites (N-methyl/N-ethyl adjacent to an activating group) is 1. The normalized spacial score (nSPS) is 13.2. The summed E-state index contributed by atoms with van der Waals surface area (Å²) in [6.45, 7) is 6.04. The van der Waals surface area contributed by atoms with E-state index in [0.717, 1.165) is 30.3 Å². The van der Waals surface area contributed by atoms with E-state index >= 15 is 0 Å². The van der Waals surface area contributed by atoms with Gasteiger partial charge in [-0.05, 0) is 68.4 Å². The van der Waals surface area contributed by atoms with E-state index in [1.165, 1.54) is 28.4 Å². The Kier molecular flexibility index (Phi) is 17.5. The quantitative estimate of drug-likeness (QED) is 0.0440. The average Bonchev–Trinajstić information content (AvgIpc) is 3.95. The van der Waals surface area contributed by atoms with E-state index in [9.17, 15) is 38.4 Å². The fourth-order valence-electron chi connectivity index (χ4n) is 6.60. The summed E-state index contributed by atoms with van der Waals surface area (Å²) in [6, 6.07) is 7.34. The molecule has 20 nitrogen and oxygen atoms in total. The molecule has 0 unspecified atom stereocenters. The minimum absolute atomic E-state index is 0.0761.